The fourth-order valence-corrected chi connectivity index (χ4v) is 11.1. The molecule has 0 aromatic heterocycles. The first kappa shape index (κ1) is 29.7. The summed E-state index contributed by atoms with van der Waals surface area (Å²) in [5, 5.41) is 5.40. The Morgan fingerprint density at radius 2 is 0.696 bits per heavy atom. The molecule has 0 unspecified atom stereocenters. The monoisotopic (exact) mass is 609 g/mol. The lowest BCUT2D eigenvalue weighted by molar-refractivity contribution is 1.45. The van der Waals surface area contributed by atoms with E-state index in [0.29, 0.717) is 0 Å². The van der Waals surface area contributed by atoms with E-state index in [1.807, 2.05) is 0 Å². The van der Waals surface area contributed by atoms with Gasteiger partial charge >= 0.3 is 0 Å². The van der Waals surface area contributed by atoms with Gasteiger partial charge in [-0.2, -0.15) is 0 Å². The van der Waals surface area contributed by atoms with Gasteiger partial charge in [0.25, 0.3) is 0 Å². The van der Waals surface area contributed by atoms with Crippen LogP contribution in [0, 0.1) is 20.8 Å². The minimum atomic E-state index is -2.43. The Balaban J connectivity index is 1.72. The summed E-state index contributed by atoms with van der Waals surface area (Å²) in [6.07, 6.45) is 0. The van der Waals surface area contributed by atoms with Crippen LogP contribution in [0.2, 0.25) is 0 Å². The minimum absolute atomic E-state index is 1.22. The first-order chi connectivity index (χ1) is 22.5. The van der Waals surface area contributed by atoms with Crippen molar-refractivity contribution in [3.8, 4) is 33.4 Å². The van der Waals surface area contributed by atoms with E-state index >= 15 is 0 Å². The zero-order valence-electron chi connectivity index (χ0n) is 26.7. The quantitative estimate of drug-likeness (QED) is 0.158. The molecule has 0 spiro atoms. The summed E-state index contributed by atoms with van der Waals surface area (Å²) in [6, 6.07) is 65.8. The fraction of sp³-hybridized carbons (Fsp3) is 0.0667. The maximum atomic E-state index is 2.51. The Bertz CT molecular complexity index is 1960. The molecular weight excluding hydrogens is 571 g/mol. The number of hydrogen-bond donors (Lipinski definition) is 0. The summed E-state index contributed by atoms with van der Waals surface area (Å²) in [7, 11) is -2.43. The zero-order chi connectivity index (χ0) is 31.5. The van der Waals surface area contributed by atoms with Crippen molar-refractivity contribution in [1.29, 1.82) is 0 Å². The van der Waals surface area contributed by atoms with Crippen LogP contribution in [0.15, 0.2) is 176 Å². The summed E-state index contributed by atoms with van der Waals surface area (Å²) in [4.78, 5) is 0. The second kappa shape index (κ2) is 12.8. The van der Waals surface area contributed by atoms with Crippen molar-refractivity contribution in [3.63, 3.8) is 0 Å². The molecule has 7 aromatic rings. The van der Waals surface area contributed by atoms with Crippen molar-refractivity contribution in [2.24, 2.45) is 0 Å². The van der Waals surface area contributed by atoms with Gasteiger partial charge in [0, 0.05) is 5.56 Å². The van der Waals surface area contributed by atoms with Gasteiger partial charge in [0.15, 0.2) is 0 Å². The highest BCUT2D eigenvalue weighted by molar-refractivity contribution is 8.01. The Morgan fingerprint density at radius 3 is 1.11 bits per heavy atom. The molecule has 0 bridgehead atoms. The Kier molecular flexibility index (Phi) is 8.23. The fourth-order valence-electron chi connectivity index (χ4n) is 6.61. The Morgan fingerprint density at radius 1 is 0.326 bits per heavy atom. The van der Waals surface area contributed by atoms with Crippen molar-refractivity contribution >= 4 is 28.5 Å². The van der Waals surface area contributed by atoms with Crippen molar-refractivity contribution in [2.75, 3.05) is 0 Å². The van der Waals surface area contributed by atoms with E-state index in [9.17, 15) is 0 Å². The van der Waals surface area contributed by atoms with Crippen LogP contribution in [0.4, 0.5) is 0 Å². The van der Waals surface area contributed by atoms with E-state index in [1.165, 1.54) is 71.3 Å². The van der Waals surface area contributed by atoms with Crippen LogP contribution in [0.3, 0.4) is 0 Å². The normalized spacial score (nSPS) is 11.4. The lowest BCUT2D eigenvalue weighted by atomic mass is 9.90. The second-order valence-corrected chi connectivity index (χ2v) is 15.6. The average Bonchev–Trinajstić information content (AvgIpc) is 3.11. The summed E-state index contributed by atoms with van der Waals surface area (Å²) < 4.78 is 0. The molecule has 0 saturated heterocycles. The molecule has 46 heavy (non-hydrogen) atoms. The van der Waals surface area contributed by atoms with E-state index in [-0.39, 0.29) is 0 Å². The topological polar surface area (TPSA) is 0 Å². The molecule has 0 saturated carbocycles. The summed E-state index contributed by atoms with van der Waals surface area (Å²) in [6.45, 7) is 6.49. The molecule has 0 heterocycles. The number of aryl methyl sites for hydroxylation is 3. The third kappa shape index (κ3) is 5.51. The van der Waals surface area contributed by atoms with Crippen LogP contribution in [0.5, 0.6) is 0 Å². The van der Waals surface area contributed by atoms with E-state index in [1.54, 1.807) is 0 Å². The molecule has 0 N–H and O–H groups in total. The van der Waals surface area contributed by atoms with Gasteiger partial charge in [0.1, 0.15) is 28.5 Å². The van der Waals surface area contributed by atoms with Crippen molar-refractivity contribution in [1.82, 2.24) is 0 Å². The van der Waals surface area contributed by atoms with Crippen LogP contribution in [0.1, 0.15) is 16.7 Å². The highest BCUT2D eigenvalue weighted by atomic mass is 31.2. The smallest absolute Gasteiger partial charge is 0.0620 e. The molecule has 0 amide bonds. The predicted octanol–water partition coefficient (Wildman–Crippen LogP) is 10.2. The lowest BCUT2D eigenvalue weighted by Gasteiger charge is -2.31. The van der Waals surface area contributed by atoms with Gasteiger partial charge in [-0.05, 0) is 97.1 Å². The predicted molar refractivity (Wildman–Crippen MR) is 202 cm³/mol. The van der Waals surface area contributed by atoms with Crippen LogP contribution in [0.25, 0.3) is 33.4 Å². The molecule has 0 aliphatic carbocycles. The summed E-state index contributed by atoms with van der Waals surface area (Å²) in [5.74, 6) is 0. The number of rotatable bonds is 7. The van der Waals surface area contributed by atoms with Gasteiger partial charge in [-0.1, -0.05) is 144 Å². The van der Waals surface area contributed by atoms with Gasteiger partial charge < -0.3 is 0 Å². The average molecular weight is 610 g/mol. The molecule has 0 atom stereocenters. The van der Waals surface area contributed by atoms with Crippen LogP contribution in [-0.2, 0) is 0 Å². The van der Waals surface area contributed by atoms with Gasteiger partial charge in [-0.3, -0.25) is 0 Å². The molecular formula is C45H38P+. The maximum Gasteiger partial charge on any atom is 0.145 e. The second-order valence-electron chi connectivity index (χ2n) is 12.2. The molecule has 0 fully saturated rings. The Hall–Kier alpha value is -5.03. The standard InChI is InChI=1S/C45H38P/c1-33-19-25-36(26-20-33)39-31-43(37-27-21-34(2)22-28-37)45(38-29-23-35(3)24-30-38)44(32-39)46(40-13-7-4-8-14-40,41-15-9-5-10-16-41)42-17-11-6-12-18-42/h4-32H,1-3H3/q+1. The lowest BCUT2D eigenvalue weighted by Crippen LogP contribution is -2.39. The maximum absolute atomic E-state index is 2.51. The van der Waals surface area contributed by atoms with Crippen LogP contribution in [-0.4, -0.2) is 0 Å². The highest BCUT2D eigenvalue weighted by Gasteiger charge is 2.50. The van der Waals surface area contributed by atoms with Crippen molar-refractivity contribution < 1.29 is 0 Å². The number of benzene rings is 7. The molecule has 0 aliphatic heterocycles. The third-order valence-corrected chi connectivity index (χ3v) is 13.3. The van der Waals surface area contributed by atoms with Crippen molar-refractivity contribution in [2.45, 2.75) is 20.8 Å². The molecule has 7 aromatic carbocycles. The Labute approximate surface area is 274 Å². The largest absolute Gasteiger partial charge is 0.145 e. The first-order valence-corrected chi connectivity index (χ1v) is 17.8. The van der Waals surface area contributed by atoms with Crippen LogP contribution < -0.4 is 21.2 Å². The summed E-state index contributed by atoms with van der Waals surface area (Å²) in [5.41, 5.74) is 11.2. The van der Waals surface area contributed by atoms with E-state index < -0.39 is 7.26 Å². The van der Waals surface area contributed by atoms with E-state index in [2.05, 4.69) is 197 Å². The van der Waals surface area contributed by atoms with Gasteiger partial charge in [0.05, 0.1) is 0 Å². The minimum Gasteiger partial charge on any atom is -0.0620 e. The number of hydrogen-bond acceptors (Lipinski definition) is 0. The van der Waals surface area contributed by atoms with Gasteiger partial charge in [-0.15, -0.1) is 0 Å². The molecule has 0 radical (unpaired) electrons. The molecule has 222 valence electrons. The third-order valence-electron chi connectivity index (χ3n) is 9.00. The van der Waals surface area contributed by atoms with E-state index in [4.69, 9.17) is 0 Å². The van der Waals surface area contributed by atoms with E-state index in [0.717, 1.165) is 0 Å². The SMILES string of the molecule is Cc1ccc(-c2cc(-c3ccc(C)cc3)c(-c3ccc(C)cc3)c([P+](c3ccccc3)(c3ccccc3)c3ccccc3)c2)cc1. The van der Waals surface area contributed by atoms with Crippen molar-refractivity contribution in [3.05, 3.63) is 193 Å². The van der Waals surface area contributed by atoms with Gasteiger partial charge in [0.2, 0.25) is 0 Å². The molecule has 0 nitrogen and oxygen atoms in total. The molecule has 0 aliphatic rings. The molecule has 1 heteroatoms. The van der Waals surface area contributed by atoms with Crippen LogP contribution >= 0.6 is 7.26 Å². The molecule has 7 rings (SSSR count). The summed E-state index contributed by atoms with van der Waals surface area (Å²) >= 11 is 0. The first-order valence-electron chi connectivity index (χ1n) is 16.0. The zero-order valence-corrected chi connectivity index (χ0v) is 27.6. The van der Waals surface area contributed by atoms with Gasteiger partial charge in [-0.25, -0.2) is 0 Å². The highest BCUT2D eigenvalue weighted by Crippen LogP contribution is 2.57.